The minimum atomic E-state index is 0.861. The fraction of sp³-hybridized carbons (Fsp3) is 1.00. The van der Waals surface area contributed by atoms with Crippen molar-refractivity contribution < 1.29 is 0 Å². The van der Waals surface area contributed by atoms with E-state index in [1.165, 1.54) is 25.9 Å². The van der Waals surface area contributed by atoms with Gasteiger partial charge in [-0.25, -0.2) is 0 Å². The summed E-state index contributed by atoms with van der Waals surface area (Å²) < 4.78 is 0. The highest BCUT2D eigenvalue weighted by atomic mass is 14.9. The van der Waals surface area contributed by atoms with E-state index in [9.17, 15) is 0 Å². The van der Waals surface area contributed by atoms with Gasteiger partial charge in [-0.15, -0.1) is 0 Å². The van der Waals surface area contributed by atoms with Crippen molar-refractivity contribution in [2.75, 3.05) is 26.2 Å². The van der Waals surface area contributed by atoms with E-state index in [0.29, 0.717) is 0 Å². The topological polar surface area (TPSA) is 24.1 Å². The molecule has 1 aliphatic rings. The molecule has 2 heteroatoms. The number of hydrogen-bond donors (Lipinski definition) is 2. The van der Waals surface area contributed by atoms with Crippen LogP contribution >= 0.6 is 0 Å². The molecule has 0 aromatic carbocycles. The third-order valence-corrected chi connectivity index (χ3v) is 2.02. The summed E-state index contributed by atoms with van der Waals surface area (Å²) in [5.41, 5.74) is 0. The van der Waals surface area contributed by atoms with Crippen molar-refractivity contribution in [1.29, 1.82) is 0 Å². The number of nitrogens with one attached hydrogen (secondary N) is 2. The summed E-state index contributed by atoms with van der Waals surface area (Å²) in [7, 11) is 0. The van der Waals surface area contributed by atoms with Gasteiger partial charge in [0, 0.05) is 13.1 Å². The van der Waals surface area contributed by atoms with Gasteiger partial charge in [0.05, 0.1) is 0 Å². The van der Waals surface area contributed by atoms with Crippen molar-refractivity contribution >= 4 is 0 Å². The van der Waals surface area contributed by atoms with Crippen molar-refractivity contribution in [1.82, 2.24) is 10.6 Å². The zero-order valence-corrected chi connectivity index (χ0v) is 6.82. The first-order valence-electron chi connectivity index (χ1n) is 4.31. The van der Waals surface area contributed by atoms with E-state index in [-0.39, 0.29) is 0 Å². The first-order chi connectivity index (χ1) is 4.89. The summed E-state index contributed by atoms with van der Waals surface area (Å²) in [6.45, 7) is 6.98. The lowest BCUT2D eigenvalue weighted by molar-refractivity contribution is 0.488. The van der Waals surface area contributed by atoms with Gasteiger partial charge in [-0.1, -0.05) is 6.92 Å². The van der Waals surface area contributed by atoms with Gasteiger partial charge in [-0.2, -0.15) is 0 Å². The van der Waals surface area contributed by atoms with Gasteiger partial charge in [0.1, 0.15) is 0 Å². The van der Waals surface area contributed by atoms with Gasteiger partial charge in [0.15, 0.2) is 0 Å². The zero-order valence-electron chi connectivity index (χ0n) is 6.82. The molecule has 2 nitrogen and oxygen atoms in total. The summed E-state index contributed by atoms with van der Waals surface area (Å²) in [4.78, 5) is 0. The summed E-state index contributed by atoms with van der Waals surface area (Å²) in [6.07, 6.45) is 2.70. The fourth-order valence-corrected chi connectivity index (χ4v) is 1.33. The molecule has 0 bridgehead atoms. The maximum Gasteiger partial charge on any atom is 0.00768 e. The minimum Gasteiger partial charge on any atom is -0.315 e. The van der Waals surface area contributed by atoms with E-state index < -0.39 is 0 Å². The highest BCUT2D eigenvalue weighted by Gasteiger charge is 2.02. The van der Waals surface area contributed by atoms with Crippen molar-refractivity contribution in [3.8, 4) is 0 Å². The van der Waals surface area contributed by atoms with E-state index in [0.717, 1.165) is 19.0 Å². The van der Waals surface area contributed by atoms with Crippen molar-refractivity contribution in [2.45, 2.75) is 19.8 Å². The van der Waals surface area contributed by atoms with Crippen LogP contribution in [0.15, 0.2) is 0 Å². The molecule has 1 heterocycles. The van der Waals surface area contributed by atoms with Crippen LogP contribution in [-0.2, 0) is 0 Å². The van der Waals surface area contributed by atoms with Crippen LogP contribution in [0.3, 0.4) is 0 Å². The lowest BCUT2D eigenvalue weighted by atomic mass is 10.1. The highest BCUT2D eigenvalue weighted by Crippen LogP contribution is 2.03. The van der Waals surface area contributed by atoms with Crippen LogP contribution in [0.25, 0.3) is 0 Å². The molecular weight excluding hydrogens is 124 g/mol. The van der Waals surface area contributed by atoms with Crippen LogP contribution < -0.4 is 10.6 Å². The Kier molecular flexibility index (Phi) is 3.76. The molecule has 2 N–H and O–H groups in total. The van der Waals surface area contributed by atoms with Gasteiger partial charge >= 0.3 is 0 Å². The molecule has 1 atom stereocenters. The van der Waals surface area contributed by atoms with Gasteiger partial charge in [0.2, 0.25) is 0 Å². The Morgan fingerprint density at radius 1 is 1.10 bits per heavy atom. The van der Waals surface area contributed by atoms with Gasteiger partial charge < -0.3 is 10.6 Å². The second-order valence-electron chi connectivity index (χ2n) is 3.20. The lowest BCUT2D eigenvalue weighted by Crippen LogP contribution is -2.28. The molecule has 0 aliphatic carbocycles. The number of hydrogen-bond acceptors (Lipinski definition) is 2. The molecule has 0 radical (unpaired) electrons. The van der Waals surface area contributed by atoms with E-state index in [4.69, 9.17) is 0 Å². The summed E-state index contributed by atoms with van der Waals surface area (Å²) in [6, 6.07) is 0. The Labute approximate surface area is 63.4 Å². The predicted molar refractivity (Wildman–Crippen MR) is 44.1 cm³/mol. The van der Waals surface area contributed by atoms with E-state index in [2.05, 4.69) is 17.6 Å². The molecule has 0 aromatic heterocycles. The molecule has 0 amide bonds. The molecule has 60 valence electrons. The maximum atomic E-state index is 3.41. The predicted octanol–water partition coefficient (Wildman–Crippen LogP) is 0.596. The van der Waals surface area contributed by atoms with Crippen LogP contribution in [0.1, 0.15) is 19.8 Å². The smallest absolute Gasteiger partial charge is 0.00768 e. The molecule has 0 spiro atoms. The van der Waals surface area contributed by atoms with Gasteiger partial charge in [-0.05, 0) is 31.8 Å². The fourth-order valence-electron chi connectivity index (χ4n) is 1.33. The minimum absolute atomic E-state index is 0.861. The van der Waals surface area contributed by atoms with Gasteiger partial charge in [0.25, 0.3) is 0 Å². The van der Waals surface area contributed by atoms with Gasteiger partial charge in [-0.3, -0.25) is 0 Å². The third-order valence-electron chi connectivity index (χ3n) is 2.02. The van der Waals surface area contributed by atoms with E-state index in [1.807, 2.05) is 0 Å². The second kappa shape index (κ2) is 4.69. The quantitative estimate of drug-likeness (QED) is 0.517. The summed E-state index contributed by atoms with van der Waals surface area (Å²) >= 11 is 0. The monoisotopic (exact) mass is 142 g/mol. The molecular formula is C8H18N2. The molecule has 10 heavy (non-hydrogen) atoms. The Morgan fingerprint density at radius 2 is 1.90 bits per heavy atom. The van der Waals surface area contributed by atoms with Crippen molar-refractivity contribution in [2.24, 2.45) is 5.92 Å². The first kappa shape index (κ1) is 8.02. The normalized spacial score (nSPS) is 30.3. The van der Waals surface area contributed by atoms with Crippen LogP contribution in [0.2, 0.25) is 0 Å². The zero-order chi connectivity index (χ0) is 7.23. The molecule has 1 rings (SSSR count). The average Bonchev–Trinajstić information content (AvgIpc) is 2.02. The Bertz CT molecular complexity index is 73.3. The van der Waals surface area contributed by atoms with Crippen LogP contribution in [-0.4, -0.2) is 26.2 Å². The SMILES string of the molecule is CC1CCCNCCNC1. The molecule has 0 saturated carbocycles. The molecule has 1 aliphatic heterocycles. The Balaban J connectivity index is 2.15. The molecule has 1 unspecified atom stereocenters. The highest BCUT2D eigenvalue weighted by molar-refractivity contribution is 4.62. The Morgan fingerprint density at radius 3 is 2.80 bits per heavy atom. The maximum absolute atomic E-state index is 3.41. The van der Waals surface area contributed by atoms with Crippen molar-refractivity contribution in [3.63, 3.8) is 0 Å². The van der Waals surface area contributed by atoms with Crippen LogP contribution in [0.4, 0.5) is 0 Å². The third kappa shape index (κ3) is 3.18. The molecule has 1 fully saturated rings. The first-order valence-corrected chi connectivity index (χ1v) is 4.31. The standard InChI is InChI=1S/C8H18N2/c1-8-3-2-4-9-5-6-10-7-8/h8-10H,2-7H2,1H3. The Hall–Kier alpha value is -0.0800. The van der Waals surface area contributed by atoms with Crippen LogP contribution in [0, 0.1) is 5.92 Å². The number of rotatable bonds is 0. The summed E-state index contributed by atoms with van der Waals surface area (Å²) in [5.74, 6) is 0.861. The summed E-state index contributed by atoms with van der Waals surface area (Å²) in [5, 5.41) is 6.80. The lowest BCUT2D eigenvalue weighted by Gasteiger charge is -2.08. The van der Waals surface area contributed by atoms with Crippen LogP contribution in [0.5, 0.6) is 0 Å². The van der Waals surface area contributed by atoms with E-state index in [1.54, 1.807) is 0 Å². The van der Waals surface area contributed by atoms with Crippen molar-refractivity contribution in [3.05, 3.63) is 0 Å². The average molecular weight is 142 g/mol. The van der Waals surface area contributed by atoms with E-state index >= 15 is 0 Å². The molecule has 0 aromatic rings. The molecule has 1 saturated heterocycles. The largest absolute Gasteiger partial charge is 0.315 e. The second-order valence-corrected chi connectivity index (χ2v) is 3.20.